The van der Waals surface area contributed by atoms with E-state index in [2.05, 4.69) is 12.1 Å². The fraction of sp³-hybridized carbons (Fsp3) is 0.667. The monoisotopic (exact) mass is 320 g/mol. The van der Waals surface area contributed by atoms with Crippen molar-refractivity contribution in [3.05, 3.63) is 35.9 Å². The molecule has 0 aromatic heterocycles. The van der Waals surface area contributed by atoms with Crippen molar-refractivity contribution in [2.24, 2.45) is 5.92 Å². The van der Waals surface area contributed by atoms with E-state index in [1.807, 2.05) is 32.0 Å². The van der Waals surface area contributed by atoms with E-state index in [1.165, 1.54) is 0 Å². The molecular formula is C18H24O5. The molecule has 0 unspecified atom stereocenters. The number of benzene rings is 1. The topological polar surface area (TPSA) is 57.2 Å². The van der Waals surface area contributed by atoms with Crippen molar-refractivity contribution in [3.63, 3.8) is 0 Å². The molecule has 0 amide bonds. The first-order chi connectivity index (χ1) is 11.0. The van der Waals surface area contributed by atoms with Gasteiger partial charge in [0.15, 0.2) is 12.1 Å². The highest BCUT2D eigenvalue weighted by molar-refractivity contribution is 5.13. The summed E-state index contributed by atoms with van der Waals surface area (Å²) in [7, 11) is 0. The zero-order chi connectivity index (χ0) is 16.0. The van der Waals surface area contributed by atoms with Crippen LogP contribution in [0.15, 0.2) is 30.3 Å². The maximum absolute atomic E-state index is 10.2. The molecule has 4 rings (SSSR count). The van der Waals surface area contributed by atoms with Crippen LogP contribution in [-0.4, -0.2) is 41.6 Å². The summed E-state index contributed by atoms with van der Waals surface area (Å²) in [4.78, 5) is 0. The first kappa shape index (κ1) is 15.5. The van der Waals surface area contributed by atoms with E-state index < -0.39 is 18.2 Å². The van der Waals surface area contributed by atoms with Crippen LogP contribution in [0.3, 0.4) is 0 Å². The van der Waals surface area contributed by atoms with Crippen molar-refractivity contribution >= 4 is 0 Å². The standard InChI is InChI=1S/C18H24O5/c1-18(2)22-15-14-12(20-10-11-6-4-3-5-7-11)8-9-13(14)21-17(19)16(15)23-18/h3-7,12-17,19H,8-10H2,1-2H3/t12-,13-,14+,15+,16+,17+/m1/s1. The van der Waals surface area contributed by atoms with Crippen LogP contribution in [0.2, 0.25) is 0 Å². The molecule has 5 nitrogen and oxygen atoms in total. The van der Waals surface area contributed by atoms with Crippen LogP contribution in [0, 0.1) is 5.92 Å². The molecule has 1 saturated carbocycles. The van der Waals surface area contributed by atoms with Crippen LogP contribution >= 0.6 is 0 Å². The third-order valence-corrected chi connectivity index (χ3v) is 5.04. The number of ether oxygens (including phenoxy) is 4. The molecule has 0 bridgehead atoms. The molecule has 2 aliphatic heterocycles. The molecule has 0 radical (unpaired) electrons. The minimum atomic E-state index is -0.920. The van der Waals surface area contributed by atoms with Crippen molar-refractivity contribution in [1.29, 1.82) is 0 Å². The maximum atomic E-state index is 10.2. The Hall–Kier alpha value is -0.980. The smallest absolute Gasteiger partial charge is 0.184 e. The molecule has 6 atom stereocenters. The highest BCUT2D eigenvalue weighted by Crippen LogP contribution is 2.46. The number of rotatable bonds is 3. The molecule has 3 aliphatic rings. The molecule has 2 heterocycles. The van der Waals surface area contributed by atoms with Gasteiger partial charge in [0.2, 0.25) is 0 Å². The number of aliphatic hydroxyl groups is 1. The van der Waals surface area contributed by atoms with Crippen molar-refractivity contribution in [1.82, 2.24) is 0 Å². The predicted molar refractivity (Wildman–Crippen MR) is 82.4 cm³/mol. The second-order valence-electron chi connectivity index (χ2n) is 7.12. The Bertz CT molecular complexity index is 546. The second-order valence-corrected chi connectivity index (χ2v) is 7.12. The van der Waals surface area contributed by atoms with Crippen molar-refractivity contribution in [3.8, 4) is 0 Å². The molecule has 1 aromatic rings. The number of hydrogen-bond donors (Lipinski definition) is 1. The number of fused-ring (bicyclic) bond motifs is 3. The van der Waals surface area contributed by atoms with Gasteiger partial charge in [0.1, 0.15) is 6.10 Å². The zero-order valence-electron chi connectivity index (χ0n) is 13.6. The Morgan fingerprint density at radius 2 is 1.87 bits per heavy atom. The van der Waals surface area contributed by atoms with E-state index >= 15 is 0 Å². The Labute approximate surface area is 136 Å². The van der Waals surface area contributed by atoms with Gasteiger partial charge in [0.25, 0.3) is 0 Å². The highest BCUT2D eigenvalue weighted by atomic mass is 16.8. The van der Waals surface area contributed by atoms with Gasteiger partial charge in [-0.25, -0.2) is 0 Å². The molecule has 5 heteroatoms. The Balaban J connectivity index is 1.48. The van der Waals surface area contributed by atoms with Crippen LogP contribution in [0.25, 0.3) is 0 Å². The van der Waals surface area contributed by atoms with Gasteiger partial charge < -0.3 is 24.1 Å². The number of hydrogen-bond acceptors (Lipinski definition) is 5. The van der Waals surface area contributed by atoms with Gasteiger partial charge in [0.05, 0.1) is 24.9 Å². The first-order valence-corrected chi connectivity index (χ1v) is 8.38. The van der Waals surface area contributed by atoms with E-state index in [9.17, 15) is 5.11 Å². The third-order valence-electron chi connectivity index (χ3n) is 5.04. The fourth-order valence-electron chi connectivity index (χ4n) is 4.10. The SMILES string of the molecule is CC1(C)O[C@@H]2[C@H](O1)[C@@H](O)O[C@@H]1CC[C@@H](OCc3ccccc3)[C@H]21. The molecule has 2 saturated heterocycles. The molecule has 1 aromatic carbocycles. The minimum absolute atomic E-state index is 0.0236. The van der Waals surface area contributed by atoms with Gasteiger partial charge in [-0.15, -0.1) is 0 Å². The first-order valence-electron chi connectivity index (χ1n) is 8.38. The van der Waals surface area contributed by atoms with Crippen LogP contribution in [0.1, 0.15) is 32.3 Å². The summed E-state index contributed by atoms with van der Waals surface area (Å²) < 4.78 is 23.9. The van der Waals surface area contributed by atoms with Crippen molar-refractivity contribution in [2.75, 3.05) is 0 Å². The van der Waals surface area contributed by atoms with Gasteiger partial charge in [0, 0.05) is 5.92 Å². The molecular weight excluding hydrogens is 296 g/mol. The van der Waals surface area contributed by atoms with Crippen LogP contribution in [0.4, 0.5) is 0 Å². The molecule has 1 N–H and O–H groups in total. The summed E-state index contributed by atoms with van der Waals surface area (Å²) in [5.74, 6) is -0.588. The molecule has 3 fully saturated rings. The molecule has 1 aliphatic carbocycles. The average Bonchev–Trinajstić information content (AvgIpc) is 3.06. The average molecular weight is 320 g/mol. The Kier molecular flexibility index (Phi) is 3.94. The van der Waals surface area contributed by atoms with Crippen molar-refractivity contribution < 1.29 is 24.1 Å². The highest BCUT2D eigenvalue weighted by Gasteiger charge is 2.58. The summed E-state index contributed by atoms with van der Waals surface area (Å²) in [6, 6.07) is 10.2. The van der Waals surface area contributed by atoms with Gasteiger partial charge in [-0.3, -0.25) is 0 Å². The van der Waals surface area contributed by atoms with E-state index in [0.29, 0.717) is 6.61 Å². The Morgan fingerprint density at radius 1 is 1.13 bits per heavy atom. The van der Waals surface area contributed by atoms with Crippen molar-refractivity contribution in [2.45, 2.75) is 69.8 Å². The van der Waals surface area contributed by atoms with Crippen LogP contribution in [0.5, 0.6) is 0 Å². The molecule has 0 spiro atoms. The van der Waals surface area contributed by atoms with Gasteiger partial charge in [-0.05, 0) is 32.3 Å². The van der Waals surface area contributed by atoms with Gasteiger partial charge in [-0.1, -0.05) is 30.3 Å². The fourth-order valence-corrected chi connectivity index (χ4v) is 4.10. The van der Waals surface area contributed by atoms with E-state index in [1.54, 1.807) is 0 Å². The summed E-state index contributed by atoms with van der Waals surface area (Å²) in [5.41, 5.74) is 1.16. The summed E-state index contributed by atoms with van der Waals surface area (Å²) in [6.07, 6.45) is 0.308. The van der Waals surface area contributed by atoms with E-state index in [4.69, 9.17) is 18.9 Å². The predicted octanol–water partition coefficient (Wildman–Crippen LogP) is 2.22. The van der Waals surface area contributed by atoms with E-state index in [0.717, 1.165) is 18.4 Å². The largest absolute Gasteiger partial charge is 0.373 e. The summed E-state index contributed by atoms with van der Waals surface area (Å²) in [6.45, 7) is 4.34. The summed E-state index contributed by atoms with van der Waals surface area (Å²) in [5, 5.41) is 10.2. The van der Waals surface area contributed by atoms with Gasteiger partial charge in [-0.2, -0.15) is 0 Å². The van der Waals surface area contributed by atoms with Crippen LogP contribution in [-0.2, 0) is 25.6 Å². The lowest BCUT2D eigenvalue weighted by Crippen LogP contribution is -2.53. The lowest BCUT2D eigenvalue weighted by Gasteiger charge is -2.39. The second kappa shape index (κ2) is 5.83. The minimum Gasteiger partial charge on any atom is -0.373 e. The van der Waals surface area contributed by atoms with Crippen LogP contribution < -0.4 is 0 Å². The van der Waals surface area contributed by atoms with Gasteiger partial charge >= 0.3 is 0 Å². The lowest BCUT2D eigenvalue weighted by molar-refractivity contribution is -0.246. The number of aliphatic hydroxyl groups excluding tert-OH is 1. The molecule has 126 valence electrons. The Morgan fingerprint density at radius 3 is 2.65 bits per heavy atom. The zero-order valence-corrected chi connectivity index (χ0v) is 13.6. The normalized spacial score (nSPS) is 41.5. The maximum Gasteiger partial charge on any atom is 0.184 e. The van der Waals surface area contributed by atoms with E-state index in [-0.39, 0.29) is 24.2 Å². The quantitative estimate of drug-likeness (QED) is 0.925. The summed E-state index contributed by atoms with van der Waals surface area (Å²) >= 11 is 0. The third kappa shape index (κ3) is 2.92. The molecule has 23 heavy (non-hydrogen) atoms. The lowest BCUT2D eigenvalue weighted by atomic mass is 9.89.